The summed E-state index contributed by atoms with van der Waals surface area (Å²) < 4.78 is 0.771. The van der Waals surface area contributed by atoms with E-state index in [-0.39, 0.29) is 11.9 Å². The van der Waals surface area contributed by atoms with Crippen LogP contribution in [0.25, 0.3) is 0 Å². The molecule has 2 atom stereocenters. The van der Waals surface area contributed by atoms with Gasteiger partial charge in [0.2, 0.25) is 0 Å². The molecule has 1 aliphatic rings. The van der Waals surface area contributed by atoms with Crippen molar-refractivity contribution in [3.63, 3.8) is 0 Å². The van der Waals surface area contributed by atoms with E-state index in [1.807, 2.05) is 4.90 Å². The highest BCUT2D eigenvalue weighted by Gasteiger charge is 2.30. The van der Waals surface area contributed by atoms with E-state index in [9.17, 15) is 4.79 Å². The highest BCUT2D eigenvalue weighted by Crippen LogP contribution is 2.26. The molecule has 5 nitrogen and oxygen atoms in total. The molecular weight excluding hydrogens is 308 g/mol. The first-order chi connectivity index (χ1) is 9.04. The molecule has 2 heterocycles. The number of pyridine rings is 1. The monoisotopic (exact) mass is 326 g/mol. The summed E-state index contributed by atoms with van der Waals surface area (Å²) in [5.74, 6) is 6.35. The van der Waals surface area contributed by atoms with Crippen molar-refractivity contribution in [1.82, 2.24) is 9.88 Å². The fourth-order valence-corrected chi connectivity index (χ4v) is 2.83. The molecule has 0 radical (unpaired) electrons. The summed E-state index contributed by atoms with van der Waals surface area (Å²) in [5.41, 5.74) is 3.00. The summed E-state index contributed by atoms with van der Waals surface area (Å²) in [5, 5.41) is 0. The van der Waals surface area contributed by atoms with Crippen molar-refractivity contribution in [2.45, 2.75) is 32.7 Å². The Morgan fingerprint density at radius 1 is 1.58 bits per heavy atom. The van der Waals surface area contributed by atoms with E-state index < -0.39 is 0 Å². The summed E-state index contributed by atoms with van der Waals surface area (Å²) in [6.07, 6.45) is 3.84. The van der Waals surface area contributed by atoms with Crippen LogP contribution in [0.1, 0.15) is 37.0 Å². The van der Waals surface area contributed by atoms with Gasteiger partial charge in [0.05, 0.1) is 5.56 Å². The Morgan fingerprint density at radius 2 is 2.32 bits per heavy atom. The Bertz CT molecular complexity index is 480. The molecule has 3 N–H and O–H groups in total. The Hall–Kier alpha value is -1.14. The number of amides is 1. The van der Waals surface area contributed by atoms with Crippen LogP contribution in [0.15, 0.2) is 16.7 Å². The molecule has 0 aromatic carbocycles. The van der Waals surface area contributed by atoms with Crippen LogP contribution in [-0.2, 0) is 0 Å². The van der Waals surface area contributed by atoms with Gasteiger partial charge in [-0.1, -0.05) is 6.92 Å². The number of rotatable bonds is 2. The van der Waals surface area contributed by atoms with Gasteiger partial charge < -0.3 is 10.3 Å². The topological polar surface area (TPSA) is 71.2 Å². The lowest BCUT2D eigenvalue weighted by atomic mass is 9.91. The number of aromatic nitrogens is 1. The average molecular weight is 327 g/mol. The van der Waals surface area contributed by atoms with Crippen molar-refractivity contribution < 1.29 is 4.79 Å². The third-order valence-electron chi connectivity index (χ3n) is 3.86. The second-order valence-electron chi connectivity index (χ2n) is 5.05. The van der Waals surface area contributed by atoms with Gasteiger partial charge in [-0.3, -0.25) is 4.79 Å². The molecule has 6 heteroatoms. The van der Waals surface area contributed by atoms with Crippen molar-refractivity contribution in [2.24, 2.45) is 11.8 Å². The second kappa shape index (κ2) is 5.88. The molecule has 19 heavy (non-hydrogen) atoms. The third-order valence-corrected chi connectivity index (χ3v) is 4.29. The number of hydrogen-bond acceptors (Lipinski definition) is 4. The zero-order valence-electron chi connectivity index (χ0n) is 11.2. The van der Waals surface area contributed by atoms with E-state index in [4.69, 9.17) is 5.84 Å². The molecule has 1 fully saturated rings. The van der Waals surface area contributed by atoms with Gasteiger partial charge in [-0.05, 0) is 47.7 Å². The first-order valence-electron chi connectivity index (χ1n) is 6.47. The highest BCUT2D eigenvalue weighted by molar-refractivity contribution is 9.10. The number of anilines is 1. The molecule has 2 unspecified atom stereocenters. The molecule has 1 saturated heterocycles. The lowest BCUT2D eigenvalue weighted by Crippen LogP contribution is -2.46. The number of piperidine rings is 1. The van der Waals surface area contributed by atoms with Crippen LogP contribution in [0.2, 0.25) is 0 Å². The molecule has 1 aliphatic heterocycles. The van der Waals surface area contributed by atoms with Crippen molar-refractivity contribution >= 4 is 27.7 Å². The molecule has 0 aliphatic carbocycles. The molecular formula is C13H19BrN4O. The molecule has 1 amide bonds. The van der Waals surface area contributed by atoms with Crippen molar-refractivity contribution in [3.05, 3.63) is 22.3 Å². The SMILES string of the molecule is CC1CCCN(C(=O)c2cc(Br)cnc2NN)C1C. The quantitative estimate of drug-likeness (QED) is 0.646. The summed E-state index contributed by atoms with van der Waals surface area (Å²) in [6, 6.07) is 2.00. The Labute approximate surface area is 121 Å². The Kier molecular flexibility index (Phi) is 4.42. The summed E-state index contributed by atoms with van der Waals surface area (Å²) in [7, 11) is 0. The predicted octanol–water partition coefficient (Wildman–Crippen LogP) is 2.39. The minimum absolute atomic E-state index is 0.0131. The summed E-state index contributed by atoms with van der Waals surface area (Å²) in [6.45, 7) is 5.08. The molecule has 104 valence electrons. The number of nitrogen functional groups attached to an aromatic ring is 1. The maximum Gasteiger partial charge on any atom is 0.257 e. The largest absolute Gasteiger partial charge is 0.336 e. The standard InChI is InChI=1S/C13H19BrN4O/c1-8-4-3-5-18(9(8)2)13(19)11-6-10(14)7-16-12(11)17-15/h6-9H,3-5,15H2,1-2H3,(H,16,17). The van der Waals surface area contributed by atoms with Crippen LogP contribution in [0, 0.1) is 5.92 Å². The Morgan fingerprint density at radius 3 is 3.00 bits per heavy atom. The van der Waals surface area contributed by atoms with Crippen LogP contribution in [-0.4, -0.2) is 28.4 Å². The lowest BCUT2D eigenvalue weighted by molar-refractivity contribution is 0.0551. The smallest absolute Gasteiger partial charge is 0.257 e. The van der Waals surface area contributed by atoms with E-state index in [0.717, 1.165) is 17.4 Å². The number of hydrazine groups is 1. The Balaban J connectivity index is 2.30. The van der Waals surface area contributed by atoms with Crippen LogP contribution in [0.3, 0.4) is 0 Å². The van der Waals surface area contributed by atoms with Gasteiger partial charge in [0.25, 0.3) is 5.91 Å². The molecule has 0 saturated carbocycles. The van der Waals surface area contributed by atoms with Gasteiger partial charge in [0, 0.05) is 23.3 Å². The van der Waals surface area contributed by atoms with E-state index in [1.165, 1.54) is 6.42 Å². The van der Waals surface area contributed by atoms with Gasteiger partial charge in [-0.15, -0.1) is 0 Å². The summed E-state index contributed by atoms with van der Waals surface area (Å²) in [4.78, 5) is 18.7. The average Bonchev–Trinajstić information content (AvgIpc) is 2.41. The van der Waals surface area contributed by atoms with E-state index in [0.29, 0.717) is 17.3 Å². The normalized spacial score (nSPS) is 23.3. The van der Waals surface area contributed by atoms with E-state index >= 15 is 0 Å². The van der Waals surface area contributed by atoms with Crippen molar-refractivity contribution in [2.75, 3.05) is 12.0 Å². The number of hydrogen-bond donors (Lipinski definition) is 2. The lowest BCUT2D eigenvalue weighted by Gasteiger charge is -2.38. The molecule has 0 bridgehead atoms. The van der Waals surface area contributed by atoms with Crippen LogP contribution < -0.4 is 11.3 Å². The van der Waals surface area contributed by atoms with Crippen LogP contribution in [0.5, 0.6) is 0 Å². The zero-order chi connectivity index (χ0) is 14.0. The first-order valence-corrected chi connectivity index (χ1v) is 7.27. The van der Waals surface area contributed by atoms with Gasteiger partial charge >= 0.3 is 0 Å². The van der Waals surface area contributed by atoms with Crippen LogP contribution >= 0.6 is 15.9 Å². The number of carbonyl (C=O) groups excluding carboxylic acids is 1. The number of nitrogens with one attached hydrogen (secondary N) is 1. The van der Waals surface area contributed by atoms with Gasteiger partial charge in [-0.2, -0.15) is 0 Å². The van der Waals surface area contributed by atoms with Crippen molar-refractivity contribution in [3.8, 4) is 0 Å². The molecule has 2 rings (SSSR count). The second-order valence-corrected chi connectivity index (χ2v) is 5.97. The number of halogens is 1. The maximum absolute atomic E-state index is 12.7. The zero-order valence-corrected chi connectivity index (χ0v) is 12.8. The van der Waals surface area contributed by atoms with E-state index in [1.54, 1.807) is 12.3 Å². The van der Waals surface area contributed by atoms with Crippen molar-refractivity contribution in [1.29, 1.82) is 0 Å². The number of carbonyl (C=O) groups is 1. The minimum Gasteiger partial charge on any atom is -0.336 e. The number of nitrogens with two attached hydrogens (primary N) is 1. The molecule has 1 aromatic heterocycles. The number of likely N-dealkylation sites (tertiary alicyclic amines) is 1. The summed E-state index contributed by atoms with van der Waals surface area (Å²) >= 11 is 3.34. The maximum atomic E-state index is 12.7. The fraction of sp³-hybridized carbons (Fsp3) is 0.538. The number of nitrogens with zero attached hydrogens (tertiary/aromatic N) is 2. The third kappa shape index (κ3) is 2.90. The van der Waals surface area contributed by atoms with Crippen LogP contribution in [0.4, 0.5) is 5.82 Å². The minimum atomic E-state index is -0.0131. The predicted molar refractivity (Wildman–Crippen MR) is 78.6 cm³/mol. The van der Waals surface area contributed by atoms with Gasteiger partial charge in [0.15, 0.2) is 5.82 Å². The fourth-order valence-electron chi connectivity index (χ4n) is 2.49. The molecule has 0 spiro atoms. The van der Waals surface area contributed by atoms with E-state index in [2.05, 4.69) is 40.2 Å². The highest BCUT2D eigenvalue weighted by atomic mass is 79.9. The first kappa shape index (κ1) is 14.3. The molecule has 1 aromatic rings. The van der Waals surface area contributed by atoms with Gasteiger partial charge in [-0.25, -0.2) is 10.8 Å². The van der Waals surface area contributed by atoms with Gasteiger partial charge in [0.1, 0.15) is 0 Å².